The largest absolute Gasteiger partial charge is 0.508 e. The van der Waals surface area contributed by atoms with Gasteiger partial charge >= 0.3 is 5.97 Å². The number of hydrogen-bond acceptors (Lipinski definition) is 3. The molecule has 0 bridgehead atoms. The zero-order chi connectivity index (χ0) is 16.4. The molecule has 23 heavy (non-hydrogen) atoms. The van der Waals surface area contributed by atoms with Gasteiger partial charge in [0.15, 0.2) is 0 Å². The van der Waals surface area contributed by atoms with Gasteiger partial charge in [-0.2, -0.15) is 0 Å². The minimum Gasteiger partial charge on any atom is -0.508 e. The maximum atomic E-state index is 11.6. The van der Waals surface area contributed by atoms with Gasteiger partial charge in [0.05, 0.1) is 5.92 Å². The third-order valence-corrected chi connectivity index (χ3v) is 4.61. The van der Waals surface area contributed by atoms with Crippen LogP contribution < -0.4 is 0 Å². The first-order valence-electron chi connectivity index (χ1n) is 7.52. The van der Waals surface area contributed by atoms with Gasteiger partial charge in [0.2, 0.25) is 0 Å². The molecule has 0 radical (unpaired) electrons. The fourth-order valence-corrected chi connectivity index (χ4v) is 3.42. The lowest BCUT2D eigenvalue weighted by molar-refractivity contribution is -0.141. The van der Waals surface area contributed by atoms with E-state index in [1.165, 1.54) is 0 Å². The quantitative estimate of drug-likeness (QED) is 0.902. The van der Waals surface area contributed by atoms with Crippen LogP contribution >= 0.6 is 11.6 Å². The number of aromatic hydroxyl groups is 1. The van der Waals surface area contributed by atoms with Crippen molar-refractivity contribution in [3.63, 3.8) is 0 Å². The zero-order valence-electron chi connectivity index (χ0n) is 12.5. The highest BCUT2D eigenvalue weighted by molar-refractivity contribution is 6.30. The molecule has 0 unspecified atom stereocenters. The van der Waals surface area contributed by atoms with Gasteiger partial charge in [0.25, 0.3) is 0 Å². The lowest BCUT2D eigenvalue weighted by Gasteiger charge is -2.17. The third kappa shape index (κ3) is 3.49. The average molecular weight is 332 g/mol. The van der Waals surface area contributed by atoms with Crippen LogP contribution in [0.25, 0.3) is 0 Å². The Morgan fingerprint density at radius 3 is 2.61 bits per heavy atom. The lowest BCUT2D eigenvalue weighted by atomic mass is 9.89. The van der Waals surface area contributed by atoms with E-state index in [1.807, 2.05) is 30.3 Å². The molecule has 0 aromatic heterocycles. The molecule has 0 aliphatic carbocycles. The number of halogens is 1. The van der Waals surface area contributed by atoms with Crippen LogP contribution in [-0.2, 0) is 11.3 Å². The van der Waals surface area contributed by atoms with Crippen molar-refractivity contribution in [1.29, 1.82) is 0 Å². The fourth-order valence-electron chi connectivity index (χ4n) is 3.22. The Labute approximate surface area is 139 Å². The first-order chi connectivity index (χ1) is 11.0. The van der Waals surface area contributed by atoms with Crippen molar-refractivity contribution in [2.75, 3.05) is 13.1 Å². The number of likely N-dealkylation sites (tertiary alicyclic amines) is 1. The highest BCUT2D eigenvalue weighted by atomic mass is 35.5. The summed E-state index contributed by atoms with van der Waals surface area (Å²) in [7, 11) is 0. The van der Waals surface area contributed by atoms with Crippen LogP contribution in [0.3, 0.4) is 0 Å². The molecule has 1 fully saturated rings. The molecule has 4 nitrogen and oxygen atoms in total. The monoisotopic (exact) mass is 331 g/mol. The summed E-state index contributed by atoms with van der Waals surface area (Å²) in [6.45, 7) is 1.59. The molecule has 1 aliphatic heterocycles. The van der Waals surface area contributed by atoms with Gasteiger partial charge in [-0.15, -0.1) is 0 Å². The van der Waals surface area contributed by atoms with E-state index >= 15 is 0 Å². The number of carboxylic acids is 1. The maximum Gasteiger partial charge on any atom is 0.308 e. The topological polar surface area (TPSA) is 60.8 Å². The standard InChI is InChI=1S/C18H18ClNO3/c19-14-6-7-17(21)13(8-14)9-20-10-15(16(11-20)18(22)23)12-4-2-1-3-5-12/h1-8,15-16,21H,9-11H2,(H,22,23)/t15-,16+/m0/s1. The van der Waals surface area contributed by atoms with Crippen LogP contribution in [0.2, 0.25) is 5.02 Å². The normalized spacial score (nSPS) is 21.4. The van der Waals surface area contributed by atoms with E-state index in [9.17, 15) is 15.0 Å². The minimum absolute atomic E-state index is 0.0463. The Bertz CT molecular complexity index is 705. The van der Waals surface area contributed by atoms with E-state index in [0.29, 0.717) is 24.7 Å². The van der Waals surface area contributed by atoms with Gasteiger partial charge in [-0.3, -0.25) is 9.69 Å². The SMILES string of the molecule is O=C(O)[C@@H]1CN(Cc2cc(Cl)ccc2O)C[C@H]1c1ccccc1. The number of nitrogens with zero attached hydrogens (tertiary/aromatic N) is 1. The minimum atomic E-state index is -0.781. The van der Waals surface area contributed by atoms with Gasteiger partial charge in [0.1, 0.15) is 5.75 Å². The molecule has 0 amide bonds. The molecule has 2 aromatic carbocycles. The second-order valence-corrected chi connectivity index (χ2v) is 6.37. The van der Waals surface area contributed by atoms with E-state index < -0.39 is 11.9 Å². The molecular weight excluding hydrogens is 314 g/mol. The van der Waals surface area contributed by atoms with Crippen LogP contribution in [0.4, 0.5) is 0 Å². The fraction of sp³-hybridized carbons (Fsp3) is 0.278. The lowest BCUT2D eigenvalue weighted by Crippen LogP contribution is -2.23. The number of benzene rings is 2. The van der Waals surface area contributed by atoms with E-state index in [-0.39, 0.29) is 11.7 Å². The predicted octanol–water partition coefficient (Wildman–Crippen LogP) is 3.35. The van der Waals surface area contributed by atoms with Crippen molar-refractivity contribution >= 4 is 17.6 Å². The predicted molar refractivity (Wildman–Crippen MR) is 88.7 cm³/mol. The number of phenolic OH excluding ortho intramolecular Hbond substituents is 1. The molecule has 0 saturated carbocycles. The van der Waals surface area contributed by atoms with Crippen LogP contribution in [0, 0.1) is 5.92 Å². The van der Waals surface area contributed by atoms with Gasteiger partial charge in [-0.1, -0.05) is 41.9 Å². The molecule has 5 heteroatoms. The number of phenols is 1. The van der Waals surface area contributed by atoms with Crippen molar-refractivity contribution in [2.45, 2.75) is 12.5 Å². The molecule has 3 rings (SSSR count). The molecule has 2 atom stereocenters. The summed E-state index contributed by atoms with van der Waals surface area (Å²) < 4.78 is 0. The van der Waals surface area contributed by atoms with Crippen LogP contribution in [-0.4, -0.2) is 34.2 Å². The number of aliphatic carboxylic acids is 1. The number of carboxylic acid groups (broad SMARTS) is 1. The van der Waals surface area contributed by atoms with Crippen LogP contribution in [0.1, 0.15) is 17.0 Å². The summed E-state index contributed by atoms with van der Waals surface area (Å²) in [6.07, 6.45) is 0. The van der Waals surface area contributed by atoms with Crippen molar-refractivity contribution in [2.24, 2.45) is 5.92 Å². The van der Waals surface area contributed by atoms with Gasteiger partial charge in [-0.05, 0) is 23.8 Å². The van der Waals surface area contributed by atoms with E-state index in [4.69, 9.17) is 11.6 Å². The molecule has 1 heterocycles. The Morgan fingerprint density at radius 2 is 1.91 bits per heavy atom. The van der Waals surface area contributed by atoms with Crippen molar-refractivity contribution in [1.82, 2.24) is 4.90 Å². The summed E-state index contributed by atoms with van der Waals surface area (Å²) in [5.41, 5.74) is 1.76. The number of rotatable bonds is 4. The zero-order valence-corrected chi connectivity index (χ0v) is 13.3. The summed E-state index contributed by atoms with van der Waals surface area (Å²) in [6, 6.07) is 14.7. The third-order valence-electron chi connectivity index (χ3n) is 4.38. The maximum absolute atomic E-state index is 11.6. The Hall–Kier alpha value is -2.04. The molecule has 120 valence electrons. The molecule has 2 aromatic rings. The molecule has 2 N–H and O–H groups in total. The van der Waals surface area contributed by atoms with Crippen molar-refractivity contribution < 1.29 is 15.0 Å². The Balaban J connectivity index is 1.80. The summed E-state index contributed by atoms with van der Waals surface area (Å²) in [5.74, 6) is -1.09. The molecule has 1 saturated heterocycles. The van der Waals surface area contributed by atoms with E-state index in [2.05, 4.69) is 4.90 Å². The first kappa shape index (κ1) is 15.8. The average Bonchev–Trinajstić information content (AvgIpc) is 2.96. The van der Waals surface area contributed by atoms with Gasteiger partial charge in [-0.25, -0.2) is 0 Å². The highest BCUT2D eigenvalue weighted by Gasteiger charge is 2.38. The van der Waals surface area contributed by atoms with E-state index in [1.54, 1.807) is 18.2 Å². The van der Waals surface area contributed by atoms with E-state index in [0.717, 1.165) is 11.1 Å². The molecule has 1 aliphatic rings. The summed E-state index contributed by atoms with van der Waals surface area (Å²) >= 11 is 5.98. The number of hydrogen-bond donors (Lipinski definition) is 2. The summed E-state index contributed by atoms with van der Waals surface area (Å²) in [5, 5.41) is 20.0. The van der Waals surface area contributed by atoms with Crippen LogP contribution in [0.15, 0.2) is 48.5 Å². The van der Waals surface area contributed by atoms with Crippen molar-refractivity contribution in [3.05, 3.63) is 64.7 Å². The molecular formula is C18H18ClNO3. The van der Waals surface area contributed by atoms with Gasteiger partial charge in [0, 0.05) is 36.1 Å². The molecule has 0 spiro atoms. The first-order valence-corrected chi connectivity index (χ1v) is 7.90. The summed E-state index contributed by atoms with van der Waals surface area (Å²) in [4.78, 5) is 13.7. The Morgan fingerprint density at radius 1 is 1.17 bits per heavy atom. The second-order valence-electron chi connectivity index (χ2n) is 5.93. The number of carbonyl (C=O) groups is 1. The highest BCUT2D eigenvalue weighted by Crippen LogP contribution is 2.34. The Kier molecular flexibility index (Phi) is 4.55. The second kappa shape index (κ2) is 6.60. The van der Waals surface area contributed by atoms with Crippen molar-refractivity contribution in [3.8, 4) is 5.75 Å². The van der Waals surface area contributed by atoms with Crippen LogP contribution in [0.5, 0.6) is 5.75 Å². The smallest absolute Gasteiger partial charge is 0.308 e. The van der Waals surface area contributed by atoms with Gasteiger partial charge < -0.3 is 10.2 Å².